The van der Waals surface area contributed by atoms with Crippen LogP contribution < -0.4 is 70.0 Å². The first kappa shape index (κ1) is 78.0. The molecule has 5 aromatic rings. The van der Waals surface area contributed by atoms with E-state index in [-0.39, 0.29) is 25.8 Å². The Morgan fingerprint density at radius 1 is 0.490 bits per heavy atom. The molecule has 0 bridgehead atoms. The molecule has 102 heavy (non-hydrogen) atoms. The number of amides is 13. The molecule has 36 heteroatoms. The van der Waals surface area contributed by atoms with Gasteiger partial charge < -0.3 is 110 Å². The van der Waals surface area contributed by atoms with Crippen molar-refractivity contribution in [3.05, 3.63) is 108 Å². The lowest BCUT2D eigenvalue weighted by atomic mass is 10.0. The van der Waals surface area contributed by atoms with E-state index in [4.69, 9.17) is 11.5 Å². The summed E-state index contributed by atoms with van der Waals surface area (Å²) in [5.41, 5.74) is 13.5. The first-order valence-corrected chi connectivity index (χ1v) is 32.7. The molecule has 13 atom stereocenters. The van der Waals surface area contributed by atoms with Crippen molar-refractivity contribution in [2.45, 2.75) is 157 Å². The number of aliphatic hydroxyl groups is 3. The highest BCUT2D eigenvalue weighted by Crippen LogP contribution is 2.24. The van der Waals surface area contributed by atoms with E-state index >= 15 is 0 Å². The lowest BCUT2D eigenvalue weighted by molar-refractivity contribution is -0.149. The third-order valence-corrected chi connectivity index (χ3v) is 17.1. The molecule has 2 aromatic heterocycles. The molecular formula is C66H84N16O20. The number of rotatable bonds is 37. The number of fused-ring (bicyclic) bond motifs is 2. The molecule has 13 amide bonds. The van der Waals surface area contributed by atoms with Gasteiger partial charge in [-0.3, -0.25) is 67.1 Å². The lowest BCUT2D eigenvalue weighted by Crippen LogP contribution is -2.63. The molecule has 7 rings (SSSR count). The first-order chi connectivity index (χ1) is 48.5. The predicted octanol–water partition coefficient (Wildman–Crippen LogP) is -6.04. The van der Waals surface area contributed by atoms with Gasteiger partial charge in [-0.2, -0.15) is 0 Å². The maximum Gasteiger partial charge on any atom is 0.326 e. The van der Waals surface area contributed by atoms with Crippen LogP contribution >= 0.6 is 0 Å². The molecule has 2 aliphatic heterocycles. The number of likely N-dealkylation sites (tertiary alicyclic amines) is 1. The van der Waals surface area contributed by atoms with Crippen LogP contribution in [-0.4, -0.2) is 234 Å². The fourth-order valence-corrected chi connectivity index (χ4v) is 11.7. The Hall–Kier alpha value is -11.4. The number of aliphatic carboxylic acids is 2. The van der Waals surface area contributed by atoms with Crippen LogP contribution in [0, 0.1) is 0 Å². The van der Waals surface area contributed by atoms with Crippen molar-refractivity contribution < 1.29 is 97.5 Å². The van der Waals surface area contributed by atoms with E-state index in [1.165, 1.54) is 18.3 Å². The number of hydrogen-bond acceptors (Lipinski definition) is 19. The number of nitrogens with one attached hydrogen (secondary N) is 13. The van der Waals surface area contributed by atoms with E-state index in [2.05, 4.69) is 68.5 Å². The van der Waals surface area contributed by atoms with Crippen LogP contribution in [0.4, 0.5) is 0 Å². The minimum Gasteiger partial charge on any atom is -0.481 e. The zero-order chi connectivity index (χ0) is 74.5. The number of carbonyl (C=O) groups excluding carboxylic acids is 13. The molecule has 548 valence electrons. The number of carboxylic acids is 2. The zero-order valence-corrected chi connectivity index (χ0v) is 55.5. The van der Waals surface area contributed by atoms with Crippen molar-refractivity contribution in [3.8, 4) is 0 Å². The van der Waals surface area contributed by atoms with Gasteiger partial charge in [0.2, 0.25) is 76.8 Å². The van der Waals surface area contributed by atoms with Crippen LogP contribution in [0.25, 0.3) is 21.8 Å². The van der Waals surface area contributed by atoms with Crippen molar-refractivity contribution in [2.24, 2.45) is 11.5 Å². The molecule has 2 fully saturated rings. The molecule has 4 heterocycles. The number of carbonyl (C=O) groups is 15. The molecule has 2 aliphatic rings. The highest BCUT2D eigenvalue weighted by molar-refractivity contribution is 6.02. The minimum atomic E-state index is -2.04. The van der Waals surface area contributed by atoms with E-state index in [1.807, 2.05) is 0 Å². The van der Waals surface area contributed by atoms with E-state index < -0.39 is 206 Å². The number of hydrogen-bond donors (Lipinski definition) is 20. The quantitative estimate of drug-likeness (QED) is 0.0176. The van der Waals surface area contributed by atoms with Gasteiger partial charge in [-0.25, -0.2) is 4.79 Å². The Balaban J connectivity index is 1.03. The molecule has 0 aliphatic carbocycles. The summed E-state index contributed by atoms with van der Waals surface area (Å²) in [6.45, 7) is 0.395. The average Bonchev–Trinajstić information content (AvgIpc) is 1.61. The van der Waals surface area contributed by atoms with E-state index in [0.717, 1.165) is 18.7 Å². The van der Waals surface area contributed by atoms with Crippen LogP contribution in [0.2, 0.25) is 0 Å². The number of carboxylic acid groups (broad SMARTS) is 2. The fraction of sp³-hybridized carbons (Fsp3) is 0.439. The molecule has 0 unspecified atom stereocenters. The maximum absolute atomic E-state index is 14.4. The van der Waals surface area contributed by atoms with Crippen LogP contribution in [0.3, 0.4) is 0 Å². The number of benzene rings is 3. The van der Waals surface area contributed by atoms with Gasteiger partial charge >= 0.3 is 11.9 Å². The summed E-state index contributed by atoms with van der Waals surface area (Å²) in [5, 5.41) is 79.1. The number of aromatic amines is 2. The molecule has 3 aromatic carbocycles. The average molecular weight is 1420 g/mol. The van der Waals surface area contributed by atoms with E-state index in [9.17, 15) is 97.5 Å². The van der Waals surface area contributed by atoms with Gasteiger partial charge in [0.05, 0.1) is 44.6 Å². The van der Waals surface area contributed by atoms with Crippen molar-refractivity contribution >= 4 is 111 Å². The number of aliphatic hydroxyl groups excluding tert-OH is 3. The summed E-state index contributed by atoms with van der Waals surface area (Å²) < 4.78 is 0. The Kier molecular flexibility index (Phi) is 28.0. The standard InChI is InChI=1S/C66H84N16O20/c1-32(72-57(92)43(23-35-28-70-39-16-8-6-14-37(35)39)75-59(94)45(26-52(68)87)77-60(95)44(25-51(67)86)76-56(91)41-18-10-20-69-41)55(90)73-46(27-53(88)89)61(96)74-42(22-34-12-4-3-5-13-34)58(93)79-48(30-83)62(97)80-49(31-84)63(98)81-54(33(2)85)64(99)78-47(65(100)82-21-11-19-50(82)66(101)102)24-36-29-71-40-17-9-7-15-38(36)40/h3-9,12-17,28-29,32-33,41-50,54,69-71,83-85H,10-11,18-27,30-31H2,1-2H3,(H2,67,86)(H2,68,87)(H,72,92)(H,73,90)(H,74,96)(H,75,94)(H,76,91)(H,77,95)(H,78,99)(H,79,93)(H,80,97)(H,81,98)(H,88,89)(H,101,102)/t32-,33+,41-,42-,43-,44-,45-,46-,47-,48-,49-,50-,54-/m0/s1. The third kappa shape index (κ3) is 21.6. The Morgan fingerprint density at radius 2 is 0.931 bits per heavy atom. The lowest BCUT2D eigenvalue weighted by Gasteiger charge is -2.30. The van der Waals surface area contributed by atoms with Crippen LogP contribution in [0.15, 0.2) is 91.3 Å². The third-order valence-electron chi connectivity index (χ3n) is 17.1. The predicted molar refractivity (Wildman–Crippen MR) is 358 cm³/mol. The summed E-state index contributed by atoms with van der Waals surface area (Å²) in [4.78, 5) is 210. The van der Waals surface area contributed by atoms with Gasteiger partial charge in [-0.15, -0.1) is 0 Å². The summed E-state index contributed by atoms with van der Waals surface area (Å²) in [6, 6.07) is 1.79. The van der Waals surface area contributed by atoms with Crippen molar-refractivity contribution in [1.29, 1.82) is 0 Å². The maximum atomic E-state index is 14.4. The minimum absolute atomic E-state index is 0.0526. The number of H-pyrrole nitrogens is 2. The highest BCUT2D eigenvalue weighted by atomic mass is 16.4. The summed E-state index contributed by atoms with van der Waals surface area (Å²) in [7, 11) is 0. The molecule has 22 N–H and O–H groups in total. The Morgan fingerprint density at radius 3 is 1.44 bits per heavy atom. The fourth-order valence-electron chi connectivity index (χ4n) is 11.7. The summed E-state index contributed by atoms with van der Waals surface area (Å²) in [5.74, 6) is -17.3. The van der Waals surface area contributed by atoms with E-state index in [1.54, 1.807) is 72.9 Å². The number of nitrogens with two attached hydrogens (primary N) is 2. The Labute approximate surface area is 581 Å². The number of primary amides is 2. The first-order valence-electron chi connectivity index (χ1n) is 32.7. The normalized spacial score (nSPS) is 17.4. The summed E-state index contributed by atoms with van der Waals surface area (Å²) >= 11 is 0. The number of aromatic nitrogens is 2. The molecule has 2 saturated heterocycles. The van der Waals surface area contributed by atoms with Crippen molar-refractivity contribution in [2.75, 3.05) is 26.3 Å². The largest absolute Gasteiger partial charge is 0.481 e. The SMILES string of the molecule is C[C@H](NC(=O)[C@H](Cc1c[nH]c2ccccc12)NC(=O)[C@H](CC(N)=O)NC(=O)[C@H](CC(N)=O)NC(=O)[C@@H]1CCCN1)C(=O)N[C@@H](CC(=O)O)C(=O)N[C@@H](Cc1ccccc1)C(=O)N[C@@H](CO)C(=O)N[C@@H](CO)C(=O)N[C@H](C(=O)N[C@@H](Cc1c[nH]c2ccccc12)C(=O)N1CCC[C@H]1C(=O)O)[C@@H](C)O. The molecule has 0 spiro atoms. The second kappa shape index (κ2) is 36.6. The summed E-state index contributed by atoms with van der Waals surface area (Å²) in [6.07, 6.45) is -0.705. The molecule has 0 saturated carbocycles. The molecule has 0 radical (unpaired) electrons. The smallest absolute Gasteiger partial charge is 0.326 e. The van der Waals surface area contributed by atoms with Gasteiger partial charge in [0.15, 0.2) is 0 Å². The Bertz CT molecular complexity index is 3910. The monoisotopic (exact) mass is 1420 g/mol. The van der Waals surface area contributed by atoms with Gasteiger partial charge in [-0.05, 0) is 74.9 Å². The molecule has 36 nitrogen and oxygen atoms in total. The van der Waals surface area contributed by atoms with Gasteiger partial charge in [0.25, 0.3) is 0 Å². The molecular weight excluding hydrogens is 1340 g/mol. The van der Waals surface area contributed by atoms with Gasteiger partial charge in [-0.1, -0.05) is 66.7 Å². The zero-order valence-electron chi connectivity index (χ0n) is 55.5. The van der Waals surface area contributed by atoms with E-state index in [0.29, 0.717) is 64.3 Å². The van der Waals surface area contributed by atoms with Crippen LogP contribution in [-0.2, 0) is 91.2 Å². The van der Waals surface area contributed by atoms with Crippen molar-refractivity contribution in [1.82, 2.24) is 73.4 Å². The van der Waals surface area contributed by atoms with Gasteiger partial charge in [0, 0.05) is 60.0 Å². The number of nitrogens with zero attached hydrogens (tertiary/aromatic N) is 1. The van der Waals surface area contributed by atoms with Crippen LogP contribution in [0.1, 0.15) is 75.5 Å². The van der Waals surface area contributed by atoms with Crippen molar-refractivity contribution in [3.63, 3.8) is 0 Å². The topological polar surface area (TPSA) is 576 Å². The van der Waals surface area contributed by atoms with Gasteiger partial charge in [0.1, 0.15) is 66.5 Å². The second-order valence-corrected chi connectivity index (χ2v) is 24.7. The van der Waals surface area contributed by atoms with Crippen LogP contribution in [0.5, 0.6) is 0 Å². The highest BCUT2D eigenvalue weighted by Gasteiger charge is 2.41. The second-order valence-electron chi connectivity index (χ2n) is 24.7. The number of para-hydroxylation sites is 2.